The van der Waals surface area contributed by atoms with Crippen molar-refractivity contribution >= 4 is 28.9 Å². The highest BCUT2D eigenvalue weighted by Crippen LogP contribution is 2.27. The third kappa shape index (κ3) is 4.22. The minimum atomic E-state index is -0.581. The molecule has 29 heavy (non-hydrogen) atoms. The third-order valence-corrected chi connectivity index (χ3v) is 5.52. The molecule has 4 rings (SSSR count). The lowest BCUT2D eigenvalue weighted by atomic mass is 10.0. The monoisotopic (exact) mass is 399 g/mol. The van der Waals surface area contributed by atoms with Gasteiger partial charge >= 0.3 is 6.03 Å². The Morgan fingerprint density at radius 3 is 2.86 bits per heavy atom. The topological polar surface area (TPSA) is 88.5 Å². The van der Waals surface area contributed by atoms with E-state index in [1.807, 2.05) is 42.7 Å². The quantitative estimate of drug-likeness (QED) is 0.780. The lowest BCUT2D eigenvalue weighted by Gasteiger charge is -2.23. The van der Waals surface area contributed by atoms with E-state index < -0.39 is 6.04 Å². The molecule has 1 aromatic carbocycles. The molecule has 1 fully saturated rings. The molecule has 8 heteroatoms. The average molecular weight is 399 g/mol. The van der Waals surface area contributed by atoms with Crippen LogP contribution in [-0.2, 0) is 16.1 Å². The predicted octanol–water partition coefficient (Wildman–Crippen LogP) is 2.28. The Balaban J connectivity index is 1.43. The van der Waals surface area contributed by atoms with Gasteiger partial charge in [0.05, 0.1) is 17.1 Å². The number of carbonyl (C=O) groups is 2. The first-order chi connectivity index (χ1) is 14.0. The molecule has 2 aliphatic rings. The number of amides is 3. The fourth-order valence-corrected chi connectivity index (χ4v) is 4.05. The van der Waals surface area contributed by atoms with Crippen LogP contribution in [0.15, 0.2) is 24.3 Å². The maximum atomic E-state index is 13.0. The Hall–Kier alpha value is -2.61. The first kappa shape index (κ1) is 19.7. The molecule has 0 radical (unpaired) electrons. The lowest BCUT2D eigenvalue weighted by molar-refractivity contribution is -0.123. The van der Waals surface area contributed by atoms with Gasteiger partial charge in [-0.1, -0.05) is 26.0 Å². The summed E-state index contributed by atoms with van der Waals surface area (Å²) < 4.78 is 7.62. The second-order valence-electron chi connectivity index (χ2n) is 8.22. The molecule has 3 heterocycles. The van der Waals surface area contributed by atoms with Gasteiger partial charge in [0.2, 0.25) is 11.9 Å². The number of ether oxygens (including phenoxy) is 1. The van der Waals surface area contributed by atoms with Crippen LogP contribution in [0, 0.1) is 5.92 Å². The van der Waals surface area contributed by atoms with Crippen molar-refractivity contribution in [1.29, 1.82) is 0 Å². The van der Waals surface area contributed by atoms with E-state index in [-0.39, 0.29) is 24.0 Å². The molecule has 0 saturated carbocycles. The van der Waals surface area contributed by atoms with Crippen LogP contribution >= 0.6 is 0 Å². The Morgan fingerprint density at radius 2 is 2.10 bits per heavy atom. The average Bonchev–Trinajstić information content (AvgIpc) is 3.41. The molecule has 1 aromatic heterocycles. The number of nitrogens with one attached hydrogen (secondary N) is 2. The molecule has 1 saturated heterocycles. The maximum Gasteiger partial charge on any atom is 0.324 e. The van der Waals surface area contributed by atoms with E-state index in [1.165, 1.54) is 0 Å². The summed E-state index contributed by atoms with van der Waals surface area (Å²) in [6.45, 7) is 6.57. The molecular formula is C21H29N5O3. The van der Waals surface area contributed by atoms with Crippen LogP contribution in [0.4, 0.5) is 10.7 Å². The highest BCUT2D eigenvalue weighted by atomic mass is 16.5. The first-order valence-electron chi connectivity index (χ1n) is 10.5. The molecule has 2 N–H and O–H groups in total. The number of fused-ring (bicyclic) bond motifs is 3. The standard InChI is InChI=1S/C21H29N5O3/c1-14(2)12-17(19(27)22-13-15-6-5-11-29-15)24-21(28)26-10-9-25-18-8-4-3-7-16(18)23-20(25)26/h3-4,7-8,14-15,17H,5-6,9-13H2,1-2H3,(H,22,27)(H,24,28). The summed E-state index contributed by atoms with van der Waals surface area (Å²) in [4.78, 5) is 32.0. The fraction of sp³-hybridized carbons (Fsp3) is 0.571. The summed E-state index contributed by atoms with van der Waals surface area (Å²) in [7, 11) is 0. The van der Waals surface area contributed by atoms with Crippen molar-refractivity contribution in [3.05, 3.63) is 24.3 Å². The number of rotatable bonds is 6. The van der Waals surface area contributed by atoms with E-state index in [0.29, 0.717) is 32.0 Å². The molecule has 3 amide bonds. The molecule has 2 atom stereocenters. The molecule has 0 bridgehead atoms. The van der Waals surface area contributed by atoms with Gasteiger partial charge in [-0.3, -0.25) is 9.69 Å². The van der Waals surface area contributed by atoms with Gasteiger partial charge in [-0.25, -0.2) is 9.78 Å². The van der Waals surface area contributed by atoms with E-state index in [9.17, 15) is 9.59 Å². The van der Waals surface area contributed by atoms with Crippen molar-refractivity contribution in [2.75, 3.05) is 24.6 Å². The Labute approximate surface area is 170 Å². The molecule has 0 spiro atoms. The second kappa shape index (κ2) is 8.41. The normalized spacial score (nSPS) is 19.6. The zero-order valence-corrected chi connectivity index (χ0v) is 17.1. The molecule has 0 aliphatic carbocycles. The number of benzene rings is 1. The van der Waals surface area contributed by atoms with Gasteiger partial charge in [0.15, 0.2) is 0 Å². The molecular weight excluding hydrogens is 370 g/mol. The molecule has 8 nitrogen and oxygen atoms in total. The number of carbonyl (C=O) groups excluding carboxylic acids is 2. The minimum absolute atomic E-state index is 0.0767. The van der Waals surface area contributed by atoms with Crippen LogP contribution in [0.5, 0.6) is 0 Å². The highest BCUT2D eigenvalue weighted by molar-refractivity contribution is 5.96. The number of urea groups is 1. The van der Waals surface area contributed by atoms with Gasteiger partial charge in [0.1, 0.15) is 6.04 Å². The Bertz CT molecular complexity index is 888. The number of imidazole rings is 1. The van der Waals surface area contributed by atoms with Gasteiger partial charge in [-0.15, -0.1) is 0 Å². The van der Waals surface area contributed by atoms with E-state index in [4.69, 9.17) is 4.74 Å². The lowest BCUT2D eigenvalue weighted by Crippen LogP contribution is -2.52. The zero-order chi connectivity index (χ0) is 20.4. The van der Waals surface area contributed by atoms with Gasteiger partial charge in [-0.05, 0) is 37.3 Å². The van der Waals surface area contributed by atoms with Gasteiger partial charge in [0.25, 0.3) is 0 Å². The zero-order valence-electron chi connectivity index (χ0n) is 17.1. The molecule has 2 aromatic rings. The summed E-state index contributed by atoms with van der Waals surface area (Å²) in [6.07, 6.45) is 2.65. The number of hydrogen-bond acceptors (Lipinski definition) is 4. The minimum Gasteiger partial charge on any atom is -0.376 e. The second-order valence-corrected chi connectivity index (χ2v) is 8.22. The number of anilines is 1. The summed E-state index contributed by atoms with van der Waals surface area (Å²) in [5, 5.41) is 5.88. The summed E-state index contributed by atoms with van der Waals surface area (Å²) in [6, 6.07) is 6.99. The van der Waals surface area contributed by atoms with Crippen LogP contribution in [0.1, 0.15) is 33.1 Å². The smallest absolute Gasteiger partial charge is 0.324 e. The van der Waals surface area contributed by atoms with Crippen molar-refractivity contribution in [3.8, 4) is 0 Å². The van der Waals surface area contributed by atoms with Crippen LogP contribution in [0.3, 0.4) is 0 Å². The molecule has 2 unspecified atom stereocenters. The number of hydrogen-bond donors (Lipinski definition) is 2. The van der Waals surface area contributed by atoms with Crippen molar-refractivity contribution in [3.63, 3.8) is 0 Å². The van der Waals surface area contributed by atoms with E-state index in [0.717, 1.165) is 30.5 Å². The highest BCUT2D eigenvalue weighted by Gasteiger charge is 2.31. The SMILES string of the molecule is CC(C)CC(NC(=O)N1CCn2c1nc1ccccc12)C(=O)NCC1CCCO1. The molecule has 2 aliphatic heterocycles. The summed E-state index contributed by atoms with van der Waals surface area (Å²) in [5.41, 5.74) is 1.89. The first-order valence-corrected chi connectivity index (χ1v) is 10.5. The van der Waals surface area contributed by atoms with Crippen LogP contribution in [-0.4, -0.2) is 53.3 Å². The third-order valence-electron chi connectivity index (χ3n) is 5.52. The Morgan fingerprint density at radius 1 is 1.28 bits per heavy atom. The van der Waals surface area contributed by atoms with E-state index >= 15 is 0 Å². The number of nitrogens with zero attached hydrogens (tertiary/aromatic N) is 3. The predicted molar refractivity (Wildman–Crippen MR) is 111 cm³/mol. The van der Waals surface area contributed by atoms with Crippen molar-refractivity contribution in [2.45, 2.75) is 51.8 Å². The Kier molecular flexibility index (Phi) is 5.71. The summed E-state index contributed by atoms with van der Waals surface area (Å²) in [5.74, 6) is 0.749. The fourth-order valence-electron chi connectivity index (χ4n) is 4.05. The summed E-state index contributed by atoms with van der Waals surface area (Å²) >= 11 is 0. The number of aromatic nitrogens is 2. The van der Waals surface area contributed by atoms with Crippen molar-refractivity contribution < 1.29 is 14.3 Å². The largest absolute Gasteiger partial charge is 0.376 e. The van der Waals surface area contributed by atoms with Crippen molar-refractivity contribution in [1.82, 2.24) is 20.2 Å². The van der Waals surface area contributed by atoms with Gasteiger partial charge in [0, 0.05) is 26.2 Å². The maximum absolute atomic E-state index is 13.0. The van der Waals surface area contributed by atoms with Gasteiger partial charge < -0.3 is 19.9 Å². The van der Waals surface area contributed by atoms with Crippen molar-refractivity contribution in [2.24, 2.45) is 5.92 Å². The van der Waals surface area contributed by atoms with Gasteiger partial charge in [-0.2, -0.15) is 0 Å². The molecule has 156 valence electrons. The van der Waals surface area contributed by atoms with Crippen LogP contribution in [0.2, 0.25) is 0 Å². The van der Waals surface area contributed by atoms with Crippen LogP contribution in [0.25, 0.3) is 11.0 Å². The van der Waals surface area contributed by atoms with E-state index in [2.05, 4.69) is 15.6 Å². The number of para-hydroxylation sites is 2. The van der Waals surface area contributed by atoms with Crippen LogP contribution < -0.4 is 15.5 Å². The van der Waals surface area contributed by atoms with E-state index in [1.54, 1.807) is 4.90 Å².